The number of halogens is 1. The number of aryl methyl sites for hydroxylation is 1. The van der Waals surface area contributed by atoms with Gasteiger partial charge in [0.15, 0.2) is 0 Å². The summed E-state index contributed by atoms with van der Waals surface area (Å²) in [7, 11) is 1.69. The minimum absolute atomic E-state index is 0.179. The van der Waals surface area contributed by atoms with E-state index >= 15 is 0 Å². The molecule has 0 spiro atoms. The minimum Gasteiger partial charge on any atom is -0.207 e. The molecule has 4 heteroatoms. The summed E-state index contributed by atoms with van der Waals surface area (Å²) in [6.07, 6.45) is 11.5. The number of rotatable bonds is 10. The van der Waals surface area contributed by atoms with Crippen LogP contribution < -0.4 is 0 Å². The number of hydrogen-bond acceptors (Lipinski definition) is 2. The van der Waals surface area contributed by atoms with Gasteiger partial charge in [-0.25, -0.2) is 8.42 Å². The summed E-state index contributed by atoms with van der Waals surface area (Å²) in [5, 5.41) is 0. The van der Waals surface area contributed by atoms with Crippen molar-refractivity contribution in [3.8, 4) is 0 Å². The molecule has 1 aromatic carbocycles. The molecule has 0 aliphatic rings. The Kier molecular flexibility index (Phi) is 8.24. The molecule has 20 heavy (non-hydrogen) atoms. The highest BCUT2D eigenvalue weighted by Gasteiger charge is 2.08. The maximum Gasteiger partial charge on any atom is 0.261 e. The summed E-state index contributed by atoms with van der Waals surface area (Å²) >= 11 is 0. The summed E-state index contributed by atoms with van der Waals surface area (Å²) in [6.45, 7) is 2.24. The second-order valence-electron chi connectivity index (χ2n) is 5.31. The van der Waals surface area contributed by atoms with Gasteiger partial charge in [0.05, 0.1) is 4.90 Å². The summed E-state index contributed by atoms with van der Waals surface area (Å²) in [4.78, 5) is 0.179. The topological polar surface area (TPSA) is 34.1 Å². The molecule has 0 saturated carbocycles. The maximum atomic E-state index is 11.1. The van der Waals surface area contributed by atoms with Gasteiger partial charge in [0, 0.05) is 10.7 Å². The van der Waals surface area contributed by atoms with Crippen molar-refractivity contribution in [2.45, 2.75) is 69.6 Å². The first-order valence-electron chi connectivity index (χ1n) is 7.57. The average molecular weight is 317 g/mol. The van der Waals surface area contributed by atoms with Gasteiger partial charge in [0.1, 0.15) is 0 Å². The number of benzene rings is 1. The molecule has 0 N–H and O–H groups in total. The van der Waals surface area contributed by atoms with Crippen LogP contribution in [-0.2, 0) is 15.5 Å². The van der Waals surface area contributed by atoms with Crippen LogP contribution in [0.2, 0.25) is 0 Å². The van der Waals surface area contributed by atoms with Crippen LogP contribution in [0.25, 0.3) is 0 Å². The average Bonchev–Trinajstić information content (AvgIpc) is 2.41. The first-order chi connectivity index (χ1) is 9.54. The molecular weight excluding hydrogens is 292 g/mol. The van der Waals surface area contributed by atoms with E-state index in [4.69, 9.17) is 10.7 Å². The Hall–Kier alpha value is -0.540. The highest BCUT2D eigenvalue weighted by molar-refractivity contribution is 8.13. The third kappa shape index (κ3) is 7.30. The molecule has 0 bridgehead atoms. The highest BCUT2D eigenvalue weighted by atomic mass is 35.7. The summed E-state index contributed by atoms with van der Waals surface area (Å²) < 4.78 is 22.2. The second-order valence-corrected chi connectivity index (χ2v) is 7.87. The Morgan fingerprint density at radius 2 is 1.35 bits per heavy atom. The number of unbranched alkanes of at least 4 members (excludes halogenated alkanes) is 7. The van der Waals surface area contributed by atoms with Crippen molar-refractivity contribution in [2.75, 3.05) is 0 Å². The lowest BCUT2D eigenvalue weighted by molar-refractivity contribution is 0.575. The Morgan fingerprint density at radius 3 is 1.85 bits per heavy atom. The normalized spacial score (nSPS) is 11.7. The molecule has 0 aliphatic carbocycles. The van der Waals surface area contributed by atoms with Crippen LogP contribution in [0.4, 0.5) is 0 Å². The molecule has 2 nitrogen and oxygen atoms in total. The molecule has 0 amide bonds. The van der Waals surface area contributed by atoms with E-state index in [9.17, 15) is 8.42 Å². The van der Waals surface area contributed by atoms with Crippen LogP contribution >= 0.6 is 10.7 Å². The summed E-state index contributed by atoms with van der Waals surface area (Å²) in [6, 6.07) is 6.89. The van der Waals surface area contributed by atoms with Crippen molar-refractivity contribution in [1.82, 2.24) is 0 Å². The van der Waals surface area contributed by atoms with E-state index < -0.39 is 9.05 Å². The van der Waals surface area contributed by atoms with Crippen molar-refractivity contribution in [3.63, 3.8) is 0 Å². The largest absolute Gasteiger partial charge is 0.261 e. The zero-order chi connectivity index (χ0) is 14.8. The van der Waals surface area contributed by atoms with Crippen LogP contribution in [0.15, 0.2) is 29.2 Å². The van der Waals surface area contributed by atoms with Gasteiger partial charge in [0.25, 0.3) is 9.05 Å². The monoisotopic (exact) mass is 316 g/mol. The lowest BCUT2D eigenvalue weighted by Crippen LogP contribution is -1.92. The van der Waals surface area contributed by atoms with Crippen LogP contribution in [0, 0.1) is 0 Å². The van der Waals surface area contributed by atoms with Gasteiger partial charge in [-0.05, 0) is 30.5 Å². The van der Waals surface area contributed by atoms with Crippen molar-refractivity contribution in [3.05, 3.63) is 29.8 Å². The quantitative estimate of drug-likeness (QED) is 0.433. The Balaban J connectivity index is 2.16. The van der Waals surface area contributed by atoms with E-state index in [1.54, 1.807) is 12.1 Å². The smallest absolute Gasteiger partial charge is 0.207 e. The van der Waals surface area contributed by atoms with Crippen LogP contribution in [0.3, 0.4) is 0 Å². The predicted molar refractivity (Wildman–Crippen MR) is 85.8 cm³/mol. The van der Waals surface area contributed by atoms with Gasteiger partial charge in [-0.3, -0.25) is 0 Å². The first kappa shape index (κ1) is 17.5. The molecule has 0 radical (unpaired) electrons. The second kappa shape index (κ2) is 9.41. The molecule has 0 atom stereocenters. The van der Waals surface area contributed by atoms with Gasteiger partial charge in [-0.2, -0.15) is 0 Å². The van der Waals surface area contributed by atoms with E-state index in [2.05, 4.69) is 6.92 Å². The maximum absolute atomic E-state index is 11.1. The van der Waals surface area contributed by atoms with Crippen molar-refractivity contribution in [1.29, 1.82) is 0 Å². The number of hydrogen-bond donors (Lipinski definition) is 0. The van der Waals surface area contributed by atoms with Gasteiger partial charge in [-0.1, -0.05) is 64.0 Å². The van der Waals surface area contributed by atoms with E-state index in [1.165, 1.54) is 56.9 Å². The molecule has 0 unspecified atom stereocenters. The van der Waals surface area contributed by atoms with Crippen molar-refractivity contribution >= 4 is 19.7 Å². The molecule has 0 aromatic heterocycles. The standard InChI is InChI=1S/C16H25ClO2S/c1-2-3-4-5-6-7-8-9-10-15-11-13-16(14-12-15)20(17,18)19/h11-14H,2-10H2,1H3. The van der Waals surface area contributed by atoms with E-state index in [-0.39, 0.29) is 4.90 Å². The fourth-order valence-electron chi connectivity index (χ4n) is 2.28. The molecule has 114 valence electrons. The Morgan fingerprint density at radius 1 is 0.850 bits per heavy atom. The molecule has 0 heterocycles. The minimum atomic E-state index is -3.59. The lowest BCUT2D eigenvalue weighted by atomic mass is 10.0. The van der Waals surface area contributed by atoms with Crippen molar-refractivity contribution < 1.29 is 8.42 Å². The molecule has 1 aromatic rings. The third-order valence-electron chi connectivity index (χ3n) is 3.52. The van der Waals surface area contributed by atoms with E-state index in [0.29, 0.717) is 0 Å². The lowest BCUT2D eigenvalue weighted by Gasteiger charge is -2.03. The SMILES string of the molecule is CCCCCCCCCCc1ccc(S(=O)(=O)Cl)cc1. The fraction of sp³-hybridized carbons (Fsp3) is 0.625. The molecule has 1 rings (SSSR count). The zero-order valence-electron chi connectivity index (χ0n) is 12.3. The Bertz CT molecular complexity index is 466. The van der Waals surface area contributed by atoms with Crippen LogP contribution in [0.5, 0.6) is 0 Å². The van der Waals surface area contributed by atoms with Crippen molar-refractivity contribution in [2.24, 2.45) is 0 Å². The van der Waals surface area contributed by atoms with Gasteiger partial charge in [-0.15, -0.1) is 0 Å². The third-order valence-corrected chi connectivity index (χ3v) is 4.89. The zero-order valence-corrected chi connectivity index (χ0v) is 13.8. The Labute approximate surface area is 128 Å². The van der Waals surface area contributed by atoms with Gasteiger partial charge < -0.3 is 0 Å². The molecule has 0 aliphatic heterocycles. The summed E-state index contributed by atoms with van der Waals surface area (Å²) in [5.74, 6) is 0. The van der Waals surface area contributed by atoms with Gasteiger partial charge in [0.2, 0.25) is 0 Å². The van der Waals surface area contributed by atoms with E-state index in [1.807, 2.05) is 12.1 Å². The fourth-order valence-corrected chi connectivity index (χ4v) is 3.05. The van der Waals surface area contributed by atoms with Crippen LogP contribution in [0.1, 0.15) is 63.9 Å². The predicted octanol–water partition coefficient (Wildman–Crippen LogP) is 5.30. The highest BCUT2D eigenvalue weighted by Crippen LogP contribution is 2.17. The van der Waals surface area contributed by atoms with Crippen LogP contribution in [-0.4, -0.2) is 8.42 Å². The van der Waals surface area contributed by atoms with E-state index in [0.717, 1.165) is 6.42 Å². The van der Waals surface area contributed by atoms with Gasteiger partial charge >= 0.3 is 0 Å². The molecule has 0 saturated heterocycles. The molecular formula is C16H25ClO2S. The first-order valence-corrected chi connectivity index (χ1v) is 9.88. The summed E-state index contributed by atoms with van der Waals surface area (Å²) in [5.41, 5.74) is 1.18. The molecule has 0 fully saturated rings.